The number of anilines is 1. The molecule has 4 atom stereocenters. The summed E-state index contributed by atoms with van der Waals surface area (Å²) in [6, 6.07) is 0. The number of nitrogen functional groups attached to an aromatic ring is 1. The van der Waals surface area contributed by atoms with E-state index in [1.165, 1.54) is 13.3 Å². The third-order valence-electron chi connectivity index (χ3n) is 7.87. The molecule has 3 rings (SSSR count). The Labute approximate surface area is 216 Å². The second-order valence-electron chi connectivity index (χ2n) is 12.6. The van der Waals surface area contributed by atoms with Crippen molar-refractivity contribution >= 4 is 39.6 Å². The molecule has 0 unspecified atom stereocenters. The smallest absolute Gasteiger partial charge is 0.302 e. The number of rotatable bonds is 7. The van der Waals surface area contributed by atoms with Gasteiger partial charge in [-0.05, 0) is 36.3 Å². The maximum Gasteiger partial charge on any atom is 0.302 e. The van der Waals surface area contributed by atoms with Crippen molar-refractivity contribution in [1.29, 1.82) is 0 Å². The van der Waals surface area contributed by atoms with Gasteiger partial charge in [-0.2, -0.15) is 0 Å². The fourth-order valence-electron chi connectivity index (χ4n) is 3.62. The molecule has 12 heteroatoms. The molecule has 1 aliphatic rings. The SMILES string of the molecule is CC(=O)OC[C@H]1O[C@@H](n2cnc3c(N)ncnc32)[C@H](O[Si](C)(C)C(C)(C)C)[C@@H]1O[Si](C)(C)C(C)(C)C. The number of aromatic nitrogens is 4. The van der Waals surface area contributed by atoms with E-state index >= 15 is 0 Å². The molecule has 1 fully saturated rings. The number of carbonyl (C=O) groups is 1. The second kappa shape index (κ2) is 9.78. The van der Waals surface area contributed by atoms with Crippen molar-refractivity contribution in [3.63, 3.8) is 0 Å². The Morgan fingerprint density at radius 1 is 1.00 bits per heavy atom. The van der Waals surface area contributed by atoms with Crippen LogP contribution in [0.25, 0.3) is 11.2 Å². The Kier molecular flexibility index (Phi) is 7.80. The van der Waals surface area contributed by atoms with Crippen LogP contribution in [0.15, 0.2) is 12.7 Å². The van der Waals surface area contributed by atoms with E-state index in [4.69, 9.17) is 24.1 Å². The molecule has 10 nitrogen and oxygen atoms in total. The van der Waals surface area contributed by atoms with E-state index in [1.54, 1.807) is 6.33 Å². The highest BCUT2D eigenvalue weighted by molar-refractivity contribution is 6.74. The topological polar surface area (TPSA) is 124 Å². The van der Waals surface area contributed by atoms with Gasteiger partial charge in [-0.25, -0.2) is 15.0 Å². The molecular formula is C24H43N5O5Si2. The van der Waals surface area contributed by atoms with Gasteiger partial charge < -0.3 is 24.1 Å². The fraction of sp³-hybridized carbons (Fsp3) is 0.750. The Morgan fingerprint density at radius 2 is 1.56 bits per heavy atom. The van der Waals surface area contributed by atoms with Crippen LogP contribution in [0.2, 0.25) is 36.3 Å². The largest absolute Gasteiger partial charge is 0.463 e. The third kappa shape index (κ3) is 5.67. The molecule has 0 bridgehead atoms. The summed E-state index contributed by atoms with van der Waals surface area (Å²) in [5.41, 5.74) is 7.11. The van der Waals surface area contributed by atoms with E-state index in [1.807, 2.05) is 4.57 Å². The second-order valence-corrected chi connectivity index (χ2v) is 22.1. The summed E-state index contributed by atoms with van der Waals surface area (Å²) in [6.45, 7) is 23.5. The molecule has 3 heterocycles. The van der Waals surface area contributed by atoms with Gasteiger partial charge in [-0.15, -0.1) is 0 Å². The summed E-state index contributed by atoms with van der Waals surface area (Å²) in [5.74, 6) is -0.0762. The number of fused-ring (bicyclic) bond motifs is 1. The maximum atomic E-state index is 11.7. The van der Waals surface area contributed by atoms with E-state index in [2.05, 4.69) is 82.7 Å². The van der Waals surface area contributed by atoms with Gasteiger partial charge in [0, 0.05) is 6.92 Å². The first-order chi connectivity index (χ1) is 16.4. The summed E-state index contributed by atoms with van der Waals surface area (Å²) in [4.78, 5) is 24.7. The average molecular weight is 538 g/mol. The molecule has 36 heavy (non-hydrogen) atoms. The lowest BCUT2D eigenvalue weighted by atomic mass is 10.1. The normalized spacial score (nSPS) is 23.9. The molecule has 0 amide bonds. The Balaban J connectivity index is 2.13. The lowest BCUT2D eigenvalue weighted by molar-refractivity contribution is -0.147. The quantitative estimate of drug-likeness (QED) is 0.397. The number of esters is 1. The van der Waals surface area contributed by atoms with Crippen LogP contribution in [0.5, 0.6) is 0 Å². The van der Waals surface area contributed by atoms with Crippen molar-refractivity contribution in [3.05, 3.63) is 12.7 Å². The Morgan fingerprint density at radius 3 is 2.08 bits per heavy atom. The maximum absolute atomic E-state index is 11.7. The molecule has 1 aliphatic heterocycles. The highest BCUT2D eigenvalue weighted by Gasteiger charge is 2.54. The number of imidazole rings is 1. The molecule has 2 aromatic rings. The predicted octanol–water partition coefficient (Wildman–Crippen LogP) is 4.65. The molecule has 2 aromatic heterocycles. The Hall–Kier alpha value is -1.87. The summed E-state index contributed by atoms with van der Waals surface area (Å²) in [7, 11) is -4.55. The van der Waals surface area contributed by atoms with Crippen LogP contribution in [-0.2, 0) is 23.1 Å². The molecule has 0 aromatic carbocycles. The first-order valence-corrected chi connectivity index (χ1v) is 18.2. The molecule has 2 N–H and O–H groups in total. The highest BCUT2D eigenvalue weighted by Crippen LogP contribution is 2.46. The van der Waals surface area contributed by atoms with Crippen LogP contribution in [0, 0.1) is 0 Å². The first-order valence-electron chi connectivity index (χ1n) is 12.4. The van der Waals surface area contributed by atoms with Crippen LogP contribution >= 0.6 is 0 Å². The zero-order valence-electron chi connectivity index (χ0n) is 23.6. The van der Waals surface area contributed by atoms with Gasteiger partial charge >= 0.3 is 5.97 Å². The van der Waals surface area contributed by atoms with Gasteiger partial charge in [-0.3, -0.25) is 9.36 Å². The highest BCUT2D eigenvalue weighted by atomic mass is 28.4. The molecule has 0 saturated carbocycles. The number of nitrogens with two attached hydrogens (primary N) is 1. The fourth-order valence-corrected chi connectivity index (χ4v) is 6.23. The van der Waals surface area contributed by atoms with E-state index < -0.39 is 41.2 Å². The van der Waals surface area contributed by atoms with Crippen molar-refractivity contribution in [3.8, 4) is 0 Å². The summed E-state index contributed by atoms with van der Waals surface area (Å²) in [5, 5.41) is -0.0847. The third-order valence-corrected chi connectivity index (χ3v) is 16.8. The average Bonchev–Trinajstić information content (AvgIpc) is 3.27. The van der Waals surface area contributed by atoms with Crippen LogP contribution in [-0.4, -0.2) is 67.0 Å². The number of carbonyl (C=O) groups excluding carboxylic acids is 1. The molecule has 0 spiro atoms. The minimum atomic E-state index is -2.28. The summed E-state index contributed by atoms with van der Waals surface area (Å²) < 4.78 is 27.9. The first kappa shape index (κ1) is 28.7. The summed E-state index contributed by atoms with van der Waals surface area (Å²) in [6.07, 6.45) is 0.998. The predicted molar refractivity (Wildman–Crippen MR) is 144 cm³/mol. The molecule has 1 saturated heterocycles. The van der Waals surface area contributed by atoms with Gasteiger partial charge in [0.2, 0.25) is 0 Å². The molecule has 0 radical (unpaired) electrons. The van der Waals surface area contributed by atoms with Crippen LogP contribution in [0.3, 0.4) is 0 Å². The number of hydrogen-bond donors (Lipinski definition) is 1. The number of ether oxygens (including phenoxy) is 2. The Bertz CT molecular complexity index is 1090. The minimum Gasteiger partial charge on any atom is -0.463 e. The van der Waals surface area contributed by atoms with Gasteiger partial charge in [0.05, 0.1) is 6.33 Å². The summed E-state index contributed by atoms with van der Waals surface area (Å²) >= 11 is 0. The van der Waals surface area contributed by atoms with Crippen molar-refractivity contribution in [2.45, 2.75) is 109 Å². The monoisotopic (exact) mass is 537 g/mol. The van der Waals surface area contributed by atoms with Gasteiger partial charge in [-0.1, -0.05) is 41.5 Å². The lowest BCUT2D eigenvalue weighted by Gasteiger charge is -2.44. The van der Waals surface area contributed by atoms with Gasteiger partial charge in [0.15, 0.2) is 34.3 Å². The van der Waals surface area contributed by atoms with E-state index in [-0.39, 0.29) is 22.7 Å². The van der Waals surface area contributed by atoms with Crippen molar-refractivity contribution in [1.82, 2.24) is 19.5 Å². The number of hydrogen-bond acceptors (Lipinski definition) is 9. The number of nitrogens with zero attached hydrogens (tertiary/aromatic N) is 4. The standard InChI is InChI=1S/C24H43N5O5Si2/c1-15(30)31-12-16-18(33-35(8,9)23(2,3)4)19(34-36(10,11)24(5,6)7)22(32-16)29-14-28-17-20(25)26-13-27-21(17)29/h13-14,16,18-19,22H,12H2,1-11H3,(H2,25,26,27)/t16-,18-,19-,22-/m1/s1. The van der Waals surface area contributed by atoms with Crippen LogP contribution in [0.4, 0.5) is 5.82 Å². The van der Waals surface area contributed by atoms with Crippen molar-refractivity contribution < 1.29 is 23.1 Å². The zero-order chi connectivity index (χ0) is 27.3. The van der Waals surface area contributed by atoms with Gasteiger partial charge in [0.25, 0.3) is 0 Å². The van der Waals surface area contributed by atoms with Crippen molar-refractivity contribution in [2.75, 3.05) is 12.3 Å². The van der Waals surface area contributed by atoms with E-state index in [9.17, 15) is 4.79 Å². The van der Waals surface area contributed by atoms with Crippen LogP contribution in [0.1, 0.15) is 54.7 Å². The van der Waals surface area contributed by atoms with E-state index in [0.717, 1.165) is 0 Å². The lowest BCUT2D eigenvalue weighted by Crippen LogP contribution is -2.54. The molecule has 0 aliphatic carbocycles. The van der Waals surface area contributed by atoms with E-state index in [0.29, 0.717) is 17.0 Å². The van der Waals surface area contributed by atoms with Gasteiger partial charge in [0.1, 0.15) is 36.8 Å². The minimum absolute atomic E-state index is 0.0397. The molecular weight excluding hydrogens is 494 g/mol. The molecule has 202 valence electrons. The zero-order valence-corrected chi connectivity index (χ0v) is 25.6. The van der Waals surface area contributed by atoms with Crippen molar-refractivity contribution in [2.24, 2.45) is 0 Å². The van der Waals surface area contributed by atoms with Crippen LogP contribution < -0.4 is 5.73 Å².